The van der Waals surface area contributed by atoms with E-state index in [2.05, 4.69) is 29.7 Å². The first-order valence-electron chi connectivity index (χ1n) is 10.4. The minimum absolute atomic E-state index is 0.0851. The molecule has 29 heavy (non-hydrogen) atoms. The minimum atomic E-state index is 0.0851. The number of hydrogen-bond donors (Lipinski definition) is 0. The topological polar surface area (TPSA) is 56.6 Å². The number of unbranched alkanes of at least 4 members (excludes halogenated alkanes) is 2. The molecule has 3 aromatic rings. The summed E-state index contributed by atoms with van der Waals surface area (Å²) < 4.78 is 13.2. The fourth-order valence-corrected chi connectivity index (χ4v) is 4.34. The van der Waals surface area contributed by atoms with Gasteiger partial charge in [-0.05, 0) is 30.7 Å². The SMILES string of the molecule is CCCCCn1c(C2CC(=O)N(c3ccc4c(c3)OCO4)C2)nc2ccccc21. The van der Waals surface area contributed by atoms with Gasteiger partial charge in [0.25, 0.3) is 0 Å². The Labute approximate surface area is 170 Å². The summed E-state index contributed by atoms with van der Waals surface area (Å²) in [5.74, 6) is 2.67. The van der Waals surface area contributed by atoms with Crippen molar-refractivity contribution < 1.29 is 14.3 Å². The number of amides is 1. The highest BCUT2D eigenvalue weighted by Crippen LogP contribution is 2.39. The molecule has 0 radical (unpaired) electrons. The van der Waals surface area contributed by atoms with Crippen molar-refractivity contribution in [2.45, 2.75) is 45.1 Å². The van der Waals surface area contributed by atoms with Crippen molar-refractivity contribution >= 4 is 22.6 Å². The maximum Gasteiger partial charge on any atom is 0.231 e. The Balaban J connectivity index is 1.45. The number of carbonyl (C=O) groups excluding carboxylic acids is 1. The molecule has 0 bridgehead atoms. The number of para-hydroxylation sites is 2. The fourth-order valence-electron chi connectivity index (χ4n) is 4.34. The molecule has 6 heteroatoms. The van der Waals surface area contributed by atoms with Crippen molar-refractivity contribution in [3.8, 4) is 11.5 Å². The van der Waals surface area contributed by atoms with Gasteiger partial charge in [0.15, 0.2) is 11.5 Å². The standard InChI is InChI=1S/C23H25N3O3/c1-2-3-6-11-25-19-8-5-4-7-18(19)24-23(25)16-12-22(27)26(14-16)17-9-10-20-21(13-17)29-15-28-20/h4-5,7-10,13,16H,2-3,6,11-12,14-15H2,1H3. The third-order valence-corrected chi connectivity index (χ3v) is 5.83. The number of ether oxygens (including phenoxy) is 2. The van der Waals surface area contributed by atoms with Crippen LogP contribution in [0.4, 0.5) is 5.69 Å². The second-order valence-electron chi connectivity index (χ2n) is 7.76. The van der Waals surface area contributed by atoms with Gasteiger partial charge in [-0.3, -0.25) is 4.79 Å². The summed E-state index contributed by atoms with van der Waals surface area (Å²) in [6.45, 7) is 4.02. The van der Waals surface area contributed by atoms with Gasteiger partial charge in [-0.15, -0.1) is 0 Å². The Hall–Kier alpha value is -3.02. The van der Waals surface area contributed by atoms with Crippen LogP contribution in [0.3, 0.4) is 0 Å². The lowest BCUT2D eigenvalue weighted by molar-refractivity contribution is -0.117. The summed E-state index contributed by atoms with van der Waals surface area (Å²) in [5.41, 5.74) is 3.02. The molecular weight excluding hydrogens is 366 g/mol. The van der Waals surface area contributed by atoms with Gasteiger partial charge in [0.1, 0.15) is 5.82 Å². The quantitative estimate of drug-likeness (QED) is 0.582. The lowest BCUT2D eigenvalue weighted by Crippen LogP contribution is -2.24. The van der Waals surface area contributed by atoms with Gasteiger partial charge in [0.05, 0.1) is 11.0 Å². The summed E-state index contributed by atoms with van der Waals surface area (Å²) in [4.78, 5) is 19.6. The lowest BCUT2D eigenvalue weighted by Gasteiger charge is -2.18. The fraction of sp³-hybridized carbons (Fsp3) is 0.391. The third-order valence-electron chi connectivity index (χ3n) is 5.83. The van der Waals surface area contributed by atoms with Crippen molar-refractivity contribution in [2.75, 3.05) is 18.2 Å². The molecule has 1 amide bonds. The molecule has 2 aliphatic rings. The molecule has 0 spiro atoms. The van der Waals surface area contributed by atoms with Crippen LogP contribution in [-0.2, 0) is 11.3 Å². The van der Waals surface area contributed by atoms with Gasteiger partial charge in [-0.2, -0.15) is 0 Å². The van der Waals surface area contributed by atoms with E-state index < -0.39 is 0 Å². The van der Waals surface area contributed by atoms with Gasteiger partial charge < -0.3 is 18.9 Å². The summed E-state index contributed by atoms with van der Waals surface area (Å²) in [5, 5.41) is 0. The smallest absolute Gasteiger partial charge is 0.231 e. The number of rotatable bonds is 6. The molecule has 150 valence electrons. The molecule has 3 heterocycles. The van der Waals surface area contributed by atoms with Crippen LogP contribution in [0.15, 0.2) is 42.5 Å². The second-order valence-corrected chi connectivity index (χ2v) is 7.76. The maximum absolute atomic E-state index is 12.9. The predicted octanol–water partition coefficient (Wildman–Crippen LogP) is 4.48. The van der Waals surface area contributed by atoms with Crippen LogP contribution in [0, 0.1) is 0 Å². The molecule has 0 saturated carbocycles. The Morgan fingerprint density at radius 2 is 1.97 bits per heavy atom. The average molecular weight is 391 g/mol. The van der Waals surface area contributed by atoms with E-state index in [0.29, 0.717) is 18.7 Å². The van der Waals surface area contributed by atoms with Crippen LogP contribution >= 0.6 is 0 Å². The number of fused-ring (bicyclic) bond motifs is 2. The van der Waals surface area contributed by atoms with Crippen LogP contribution in [0.1, 0.15) is 44.3 Å². The Bertz CT molecular complexity index is 1060. The zero-order valence-electron chi connectivity index (χ0n) is 16.6. The van der Waals surface area contributed by atoms with Crippen LogP contribution in [0.25, 0.3) is 11.0 Å². The zero-order chi connectivity index (χ0) is 19.8. The van der Waals surface area contributed by atoms with Crippen molar-refractivity contribution in [1.82, 2.24) is 9.55 Å². The Morgan fingerprint density at radius 1 is 1.10 bits per heavy atom. The minimum Gasteiger partial charge on any atom is -0.454 e. The zero-order valence-corrected chi connectivity index (χ0v) is 16.6. The van der Waals surface area contributed by atoms with Crippen LogP contribution in [0.2, 0.25) is 0 Å². The molecule has 5 rings (SSSR count). The number of benzene rings is 2. The highest BCUT2D eigenvalue weighted by atomic mass is 16.7. The van der Waals surface area contributed by atoms with Gasteiger partial charge in [-0.25, -0.2) is 4.98 Å². The molecule has 1 unspecified atom stereocenters. The number of carbonyl (C=O) groups is 1. The van der Waals surface area contributed by atoms with E-state index in [1.165, 1.54) is 12.8 Å². The predicted molar refractivity (Wildman–Crippen MR) is 112 cm³/mol. The van der Waals surface area contributed by atoms with Crippen molar-refractivity contribution in [3.63, 3.8) is 0 Å². The summed E-state index contributed by atoms with van der Waals surface area (Å²) in [6, 6.07) is 14.0. The van der Waals surface area contributed by atoms with Crippen molar-refractivity contribution in [2.24, 2.45) is 0 Å². The summed E-state index contributed by atoms with van der Waals surface area (Å²) in [7, 11) is 0. The average Bonchev–Trinajstić information content (AvgIpc) is 3.44. The maximum atomic E-state index is 12.9. The Kier molecular flexibility index (Phi) is 4.62. The van der Waals surface area contributed by atoms with Gasteiger partial charge in [0, 0.05) is 37.2 Å². The molecule has 1 saturated heterocycles. The summed E-state index contributed by atoms with van der Waals surface area (Å²) >= 11 is 0. The molecule has 1 fully saturated rings. The van der Waals surface area contributed by atoms with E-state index in [1.54, 1.807) is 0 Å². The van der Waals surface area contributed by atoms with Crippen LogP contribution in [-0.4, -0.2) is 28.8 Å². The van der Waals surface area contributed by atoms with E-state index in [0.717, 1.165) is 41.3 Å². The highest BCUT2D eigenvalue weighted by molar-refractivity contribution is 5.97. The normalized spacial score (nSPS) is 18.2. The number of aryl methyl sites for hydroxylation is 1. The first kappa shape index (κ1) is 18.0. The van der Waals surface area contributed by atoms with Gasteiger partial charge >= 0.3 is 0 Å². The number of nitrogens with zero attached hydrogens (tertiary/aromatic N) is 3. The largest absolute Gasteiger partial charge is 0.454 e. The van der Waals surface area contributed by atoms with Crippen LogP contribution in [0.5, 0.6) is 11.5 Å². The van der Waals surface area contributed by atoms with E-state index in [1.807, 2.05) is 29.2 Å². The molecule has 0 N–H and O–H groups in total. The van der Waals surface area contributed by atoms with Crippen LogP contribution < -0.4 is 14.4 Å². The van der Waals surface area contributed by atoms with E-state index in [9.17, 15) is 4.79 Å². The molecule has 6 nitrogen and oxygen atoms in total. The number of aromatic nitrogens is 2. The lowest BCUT2D eigenvalue weighted by atomic mass is 10.1. The molecule has 1 atom stereocenters. The molecular formula is C23H25N3O3. The second kappa shape index (κ2) is 7.43. The molecule has 2 aliphatic heterocycles. The third kappa shape index (κ3) is 3.22. The summed E-state index contributed by atoms with van der Waals surface area (Å²) in [6.07, 6.45) is 3.97. The monoisotopic (exact) mass is 391 g/mol. The first-order valence-corrected chi connectivity index (χ1v) is 10.4. The molecule has 2 aromatic carbocycles. The molecule has 1 aromatic heterocycles. The van der Waals surface area contributed by atoms with E-state index >= 15 is 0 Å². The van der Waals surface area contributed by atoms with Crippen molar-refractivity contribution in [1.29, 1.82) is 0 Å². The van der Waals surface area contributed by atoms with E-state index in [-0.39, 0.29) is 18.6 Å². The first-order chi connectivity index (χ1) is 14.2. The van der Waals surface area contributed by atoms with Gasteiger partial charge in [-0.1, -0.05) is 31.9 Å². The van der Waals surface area contributed by atoms with Gasteiger partial charge in [0.2, 0.25) is 12.7 Å². The number of anilines is 1. The number of hydrogen-bond acceptors (Lipinski definition) is 4. The Morgan fingerprint density at radius 3 is 2.86 bits per heavy atom. The highest BCUT2D eigenvalue weighted by Gasteiger charge is 2.35. The van der Waals surface area contributed by atoms with Crippen molar-refractivity contribution in [3.05, 3.63) is 48.3 Å². The molecule has 0 aliphatic carbocycles. The van der Waals surface area contributed by atoms with E-state index in [4.69, 9.17) is 14.5 Å². The number of imidazole rings is 1.